The van der Waals surface area contributed by atoms with E-state index in [1.54, 1.807) is 40.5 Å². The molecule has 162 valence electrons. The second-order valence-electron chi connectivity index (χ2n) is 7.22. The molecular weight excluding hydrogens is 419 g/mol. The molecule has 1 aliphatic heterocycles. The van der Waals surface area contributed by atoms with E-state index in [4.69, 9.17) is 9.15 Å². The van der Waals surface area contributed by atoms with Crippen LogP contribution in [0.1, 0.15) is 34.0 Å². The third-order valence-corrected chi connectivity index (χ3v) is 6.34. The zero-order valence-electron chi connectivity index (χ0n) is 17.1. The minimum Gasteiger partial charge on any atom is -0.491 e. The SMILES string of the molecule is CCN(CC(=O)N1CCc2sccc2[C@@H]1COc1cccc(F)c1)C(=O)c1ccco1. The molecule has 2 aromatic heterocycles. The number of ether oxygens (including phenoxy) is 1. The summed E-state index contributed by atoms with van der Waals surface area (Å²) in [6, 6.07) is 10.9. The van der Waals surface area contributed by atoms with Crippen molar-refractivity contribution in [1.82, 2.24) is 9.80 Å². The molecule has 3 aromatic rings. The topological polar surface area (TPSA) is 63.0 Å². The van der Waals surface area contributed by atoms with Gasteiger partial charge in [-0.2, -0.15) is 0 Å². The van der Waals surface area contributed by atoms with Gasteiger partial charge in [0.05, 0.1) is 12.3 Å². The average molecular weight is 443 g/mol. The maximum Gasteiger partial charge on any atom is 0.290 e. The summed E-state index contributed by atoms with van der Waals surface area (Å²) in [5.74, 6) is -0.231. The van der Waals surface area contributed by atoms with Gasteiger partial charge in [0.2, 0.25) is 5.91 Å². The summed E-state index contributed by atoms with van der Waals surface area (Å²) in [5.41, 5.74) is 1.04. The summed E-state index contributed by atoms with van der Waals surface area (Å²) in [4.78, 5) is 30.3. The van der Waals surface area contributed by atoms with Crippen LogP contribution in [-0.4, -0.2) is 47.9 Å². The molecule has 0 saturated carbocycles. The van der Waals surface area contributed by atoms with Crippen LogP contribution in [0.15, 0.2) is 58.5 Å². The minimum atomic E-state index is -0.375. The van der Waals surface area contributed by atoms with E-state index in [1.165, 1.54) is 28.2 Å². The van der Waals surface area contributed by atoms with Crippen LogP contribution in [0.2, 0.25) is 0 Å². The van der Waals surface area contributed by atoms with Gasteiger partial charge in [-0.25, -0.2) is 4.39 Å². The van der Waals surface area contributed by atoms with Crippen LogP contribution in [0.4, 0.5) is 4.39 Å². The first-order chi connectivity index (χ1) is 15.1. The highest BCUT2D eigenvalue weighted by molar-refractivity contribution is 7.10. The number of benzene rings is 1. The quantitative estimate of drug-likeness (QED) is 0.552. The summed E-state index contributed by atoms with van der Waals surface area (Å²) < 4.78 is 24.6. The Morgan fingerprint density at radius 2 is 2.16 bits per heavy atom. The fraction of sp³-hybridized carbons (Fsp3) is 0.304. The van der Waals surface area contributed by atoms with Crippen LogP contribution < -0.4 is 4.74 Å². The third kappa shape index (κ3) is 4.64. The first-order valence-electron chi connectivity index (χ1n) is 10.1. The summed E-state index contributed by atoms with van der Waals surface area (Å²) >= 11 is 1.66. The highest BCUT2D eigenvalue weighted by Gasteiger charge is 2.33. The van der Waals surface area contributed by atoms with Gasteiger partial charge in [-0.05, 0) is 54.6 Å². The van der Waals surface area contributed by atoms with Crippen molar-refractivity contribution in [2.45, 2.75) is 19.4 Å². The van der Waals surface area contributed by atoms with E-state index in [-0.39, 0.29) is 42.6 Å². The molecule has 2 amide bonds. The van der Waals surface area contributed by atoms with Crippen molar-refractivity contribution in [2.24, 2.45) is 0 Å². The molecule has 0 radical (unpaired) electrons. The molecule has 1 atom stereocenters. The molecule has 0 N–H and O–H groups in total. The largest absolute Gasteiger partial charge is 0.491 e. The van der Waals surface area contributed by atoms with E-state index in [1.807, 2.05) is 18.4 Å². The molecule has 0 saturated heterocycles. The van der Waals surface area contributed by atoms with Gasteiger partial charge in [-0.15, -0.1) is 11.3 Å². The van der Waals surface area contributed by atoms with Gasteiger partial charge < -0.3 is 19.0 Å². The molecule has 8 heteroatoms. The number of halogens is 1. The van der Waals surface area contributed by atoms with Gasteiger partial charge in [0.25, 0.3) is 5.91 Å². The lowest BCUT2D eigenvalue weighted by Crippen LogP contribution is -2.47. The van der Waals surface area contributed by atoms with Crippen LogP contribution in [0.3, 0.4) is 0 Å². The highest BCUT2D eigenvalue weighted by atomic mass is 32.1. The van der Waals surface area contributed by atoms with Gasteiger partial charge >= 0.3 is 0 Å². The molecule has 31 heavy (non-hydrogen) atoms. The van der Waals surface area contributed by atoms with Crippen LogP contribution in [0.25, 0.3) is 0 Å². The molecule has 0 spiro atoms. The Morgan fingerprint density at radius 3 is 2.90 bits per heavy atom. The summed E-state index contributed by atoms with van der Waals surface area (Å²) in [6.45, 7) is 2.90. The number of rotatable bonds is 7. The number of carbonyl (C=O) groups excluding carboxylic acids is 2. The molecule has 3 heterocycles. The van der Waals surface area contributed by atoms with E-state index >= 15 is 0 Å². The number of nitrogens with zero attached hydrogens (tertiary/aromatic N) is 2. The predicted octanol–water partition coefficient (Wildman–Crippen LogP) is 4.15. The fourth-order valence-electron chi connectivity index (χ4n) is 3.74. The van der Waals surface area contributed by atoms with E-state index in [9.17, 15) is 14.0 Å². The Kier molecular flexibility index (Phi) is 6.36. The number of carbonyl (C=O) groups is 2. The Labute approximate surface area is 183 Å². The van der Waals surface area contributed by atoms with Gasteiger partial charge in [-0.1, -0.05) is 6.07 Å². The van der Waals surface area contributed by atoms with Crippen molar-refractivity contribution in [2.75, 3.05) is 26.2 Å². The second kappa shape index (κ2) is 9.34. The number of thiophene rings is 1. The van der Waals surface area contributed by atoms with Crippen molar-refractivity contribution in [3.8, 4) is 5.75 Å². The number of hydrogen-bond acceptors (Lipinski definition) is 5. The lowest BCUT2D eigenvalue weighted by Gasteiger charge is -2.37. The molecule has 1 aliphatic rings. The summed E-state index contributed by atoms with van der Waals surface area (Å²) in [7, 11) is 0. The third-order valence-electron chi connectivity index (χ3n) is 5.35. The van der Waals surface area contributed by atoms with Crippen molar-refractivity contribution in [3.05, 3.63) is 76.1 Å². The van der Waals surface area contributed by atoms with Crippen LogP contribution in [0.5, 0.6) is 5.75 Å². The number of likely N-dealkylation sites (N-methyl/N-ethyl adjacent to an activating group) is 1. The monoisotopic (exact) mass is 442 g/mol. The number of amides is 2. The Bertz CT molecular complexity index is 1050. The van der Waals surface area contributed by atoms with E-state index in [0.29, 0.717) is 18.8 Å². The lowest BCUT2D eigenvalue weighted by molar-refractivity contribution is -0.135. The lowest BCUT2D eigenvalue weighted by atomic mass is 10.0. The fourth-order valence-corrected chi connectivity index (χ4v) is 4.67. The molecule has 0 bridgehead atoms. The zero-order valence-corrected chi connectivity index (χ0v) is 17.9. The van der Waals surface area contributed by atoms with E-state index < -0.39 is 0 Å². The Balaban J connectivity index is 1.50. The van der Waals surface area contributed by atoms with Crippen molar-refractivity contribution < 1.29 is 23.1 Å². The van der Waals surface area contributed by atoms with E-state index in [2.05, 4.69) is 0 Å². The molecular formula is C23H23FN2O4S. The van der Waals surface area contributed by atoms with Crippen LogP contribution >= 0.6 is 11.3 Å². The zero-order chi connectivity index (χ0) is 21.8. The number of fused-ring (bicyclic) bond motifs is 1. The molecule has 6 nitrogen and oxygen atoms in total. The van der Waals surface area contributed by atoms with E-state index in [0.717, 1.165) is 12.0 Å². The maximum absolute atomic E-state index is 13.5. The Hall–Kier alpha value is -3.13. The maximum atomic E-state index is 13.5. The predicted molar refractivity (Wildman–Crippen MR) is 115 cm³/mol. The standard InChI is InChI=1S/C23H23FN2O4S/c1-2-25(23(28)20-7-4-11-29-20)14-22(27)26-10-8-21-18(9-12-31-21)19(26)15-30-17-6-3-5-16(24)13-17/h3-7,9,11-13,19H,2,8,10,14-15H2,1H3/t19-/m0/s1. The molecule has 4 rings (SSSR count). The van der Waals surface area contributed by atoms with Gasteiger partial charge in [0.1, 0.15) is 24.7 Å². The first kappa shape index (κ1) is 21.1. The average Bonchev–Trinajstić information content (AvgIpc) is 3.47. The first-order valence-corrected chi connectivity index (χ1v) is 11.0. The van der Waals surface area contributed by atoms with Gasteiger partial charge in [-0.3, -0.25) is 9.59 Å². The van der Waals surface area contributed by atoms with Crippen LogP contribution in [-0.2, 0) is 11.2 Å². The molecule has 0 fully saturated rings. The second-order valence-corrected chi connectivity index (χ2v) is 8.22. The normalized spacial score (nSPS) is 15.4. The Morgan fingerprint density at radius 1 is 1.29 bits per heavy atom. The van der Waals surface area contributed by atoms with Crippen molar-refractivity contribution in [1.29, 1.82) is 0 Å². The van der Waals surface area contributed by atoms with Gasteiger partial charge in [0.15, 0.2) is 5.76 Å². The van der Waals surface area contributed by atoms with Crippen molar-refractivity contribution >= 4 is 23.2 Å². The summed E-state index contributed by atoms with van der Waals surface area (Å²) in [6.07, 6.45) is 2.19. The molecule has 0 aliphatic carbocycles. The highest BCUT2D eigenvalue weighted by Crippen LogP contribution is 2.34. The smallest absolute Gasteiger partial charge is 0.290 e. The molecule has 1 aromatic carbocycles. The van der Waals surface area contributed by atoms with Crippen molar-refractivity contribution in [3.63, 3.8) is 0 Å². The minimum absolute atomic E-state index is 0.0496. The van der Waals surface area contributed by atoms with Gasteiger partial charge in [0, 0.05) is 24.0 Å². The van der Waals surface area contributed by atoms with Crippen LogP contribution in [0, 0.1) is 5.82 Å². The number of furan rings is 1. The number of hydrogen-bond donors (Lipinski definition) is 0. The summed E-state index contributed by atoms with van der Waals surface area (Å²) in [5, 5.41) is 2.01. The molecule has 0 unspecified atom stereocenters.